The van der Waals surface area contributed by atoms with Crippen molar-refractivity contribution < 1.29 is 21.7 Å². The quantitative estimate of drug-likeness (QED) is 0.293. The van der Waals surface area contributed by atoms with Crippen molar-refractivity contribution >= 4 is 42.2 Å². The molecule has 0 saturated carbocycles. The zero-order valence-electron chi connectivity index (χ0n) is 6.70. The van der Waals surface area contributed by atoms with Crippen LogP contribution in [0.25, 0.3) is 0 Å². The summed E-state index contributed by atoms with van der Waals surface area (Å²) in [7, 11) is -1.62. The lowest BCUT2D eigenvalue weighted by molar-refractivity contribution is -0.0552. The lowest BCUT2D eigenvalue weighted by Crippen LogP contribution is -2.41. The van der Waals surface area contributed by atoms with Gasteiger partial charge in [-0.25, -0.2) is 8.42 Å². The van der Waals surface area contributed by atoms with Gasteiger partial charge in [0, 0.05) is 0 Å². The molecule has 0 aromatic carbocycles. The average Bonchev–Trinajstić information content (AvgIpc) is 2.00. The maximum absolute atomic E-state index is 10.6. The Labute approximate surface area is 76.0 Å². The highest BCUT2D eigenvalue weighted by molar-refractivity contribution is 7.73. The fraction of sp³-hybridized carbons (Fsp3) is 1.00. The van der Waals surface area contributed by atoms with Crippen molar-refractivity contribution in [1.82, 2.24) is 0 Å². The molecule has 0 aliphatic heterocycles. The topological polar surface area (TPSA) is 61.8 Å². The molecule has 0 heterocycles. The molecular formula is C2H12O5SSi3. The largest absolute Gasteiger partial charge is 0.421 e. The normalized spacial score (nSPS) is 17.5. The second kappa shape index (κ2) is 5.18. The first kappa shape index (κ1) is 11.5. The van der Waals surface area contributed by atoms with Gasteiger partial charge in [-0.2, -0.15) is 0 Å². The smallest absolute Gasteiger partial charge is 0.274 e. The average molecular weight is 232 g/mol. The lowest BCUT2D eigenvalue weighted by atomic mass is 10.7. The van der Waals surface area contributed by atoms with E-state index in [1.807, 2.05) is 0 Å². The predicted molar refractivity (Wildman–Crippen MR) is 51.0 cm³/mol. The van der Waals surface area contributed by atoms with Gasteiger partial charge >= 0.3 is 0 Å². The van der Waals surface area contributed by atoms with Gasteiger partial charge in [-0.05, 0) is 0 Å². The van der Waals surface area contributed by atoms with E-state index in [0.29, 0.717) is 31.5 Å². The Morgan fingerprint density at radius 1 is 1.18 bits per heavy atom. The third kappa shape index (κ3) is 2.78. The highest BCUT2D eigenvalue weighted by atomic mass is 32.2. The summed E-state index contributed by atoms with van der Waals surface area (Å²) in [4.78, 5) is 0. The molecule has 68 valence electrons. The first-order chi connectivity index (χ1) is 5.13. The van der Waals surface area contributed by atoms with Crippen LogP contribution < -0.4 is 0 Å². The molecule has 0 aromatic heterocycles. The van der Waals surface area contributed by atoms with Gasteiger partial charge in [-0.3, -0.25) is 0 Å². The molecule has 0 spiro atoms. The first-order valence-electron chi connectivity index (χ1n) is 2.86. The van der Waals surface area contributed by atoms with Crippen LogP contribution >= 0.6 is 0 Å². The van der Waals surface area contributed by atoms with Crippen molar-refractivity contribution in [3.05, 3.63) is 0 Å². The summed E-state index contributed by atoms with van der Waals surface area (Å²) in [6, 6.07) is 0. The minimum Gasteiger partial charge on any atom is -0.421 e. The van der Waals surface area contributed by atoms with Gasteiger partial charge < -0.3 is 13.3 Å². The maximum Gasteiger partial charge on any atom is 0.274 e. The van der Waals surface area contributed by atoms with E-state index in [2.05, 4.69) is 0 Å². The van der Waals surface area contributed by atoms with E-state index < -0.39 is 15.8 Å². The molecule has 0 fully saturated rings. The Hall–Kier alpha value is 0.481. The van der Waals surface area contributed by atoms with Crippen LogP contribution in [0.2, 0.25) is 0 Å². The van der Waals surface area contributed by atoms with Crippen LogP contribution in [0.3, 0.4) is 0 Å². The molecule has 0 aliphatic carbocycles. The molecule has 11 heavy (non-hydrogen) atoms. The molecular weight excluding hydrogens is 220 g/mol. The number of thiol groups is 1. The monoisotopic (exact) mass is 232 g/mol. The number of rotatable bonds is 5. The summed E-state index contributed by atoms with van der Waals surface area (Å²) in [6.45, 7) is -0.00900. The van der Waals surface area contributed by atoms with Crippen LogP contribution in [0.5, 0.6) is 0 Å². The zero-order chi connectivity index (χ0) is 8.91. The van der Waals surface area contributed by atoms with Gasteiger partial charge in [0.25, 0.3) is 5.12 Å². The number of hydrogen-bond donors (Lipinski definition) is 1. The molecule has 0 aromatic rings. The first-order valence-corrected chi connectivity index (χ1v) is 6.49. The van der Waals surface area contributed by atoms with E-state index in [1.54, 1.807) is 0 Å². The third-order valence-electron chi connectivity index (χ3n) is 1.24. The lowest BCUT2D eigenvalue weighted by Gasteiger charge is -2.24. The molecule has 0 atom stereocenters. The van der Waals surface area contributed by atoms with E-state index >= 15 is 0 Å². The van der Waals surface area contributed by atoms with Gasteiger partial charge in [-0.15, -0.1) is 0 Å². The fourth-order valence-corrected chi connectivity index (χ4v) is 3.54. The van der Waals surface area contributed by atoms with Crippen LogP contribution in [0.15, 0.2) is 0 Å². The Morgan fingerprint density at radius 2 is 1.64 bits per heavy atom. The number of hydrogen-bond acceptors (Lipinski definition) is 5. The molecule has 0 bridgehead atoms. The summed E-state index contributed by atoms with van der Waals surface area (Å²) in [5, 5.41) is -1.48. The maximum atomic E-state index is 10.6. The van der Waals surface area contributed by atoms with Crippen molar-refractivity contribution in [3.8, 4) is 0 Å². The second-order valence-corrected chi connectivity index (χ2v) is 4.40. The van der Waals surface area contributed by atoms with Crippen molar-refractivity contribution in [3.63, 3.8) is 0 Å². The molecule has 5 nitrogen and oxygen atoms in total. The van der Waals surface area contributed by atoms with Crippen LogP contribution in [0, 0.1) is 0 Å². The van der Waals surface area contributed by atoms with Crippen LogP contribution in [0.4, 0.5) is 0 Å². The van der Waals surface area contributed by atoms with Gasteiger partial charge in [0.1, 0.15) is 17.1 Å². The fourth-order valence-electron chi connectivity index (χ4n) is 0.585. The Morgan fingerprint density at radius 3 is 1.73 bits per heavy atom. The highest BCUT2D eigenvalue weighted by Gasteiger charge is 2.32. The van der Waals surface area contributed by atoms with Gasteiger partial charge in [0.15, 0.2) is 31.7 Å². The minimum absolute atomic E-state index is 0.00900. The van der Waals surface area contributed by atoms with E-state index in [9.17, 15) is 8.42 Å². The van der Waals surface area contributed by atoms with Crippen LogP contribution in [0.1, 0.15) is 0 Å². The minimum atomic E-state index is -2.73. The predicted octanol–water partition coefficient (Wildman–Crippen LogP) is -4.86. The zero-order valence-corrected chi connectivity index (χ0v) is 13.6. The van der Waals surface area contributed by atoms with Crippen molar-refractivity contribution in [2.75, 3.05) is 6.61 Å². The van der Waals surface area contributed by atoms with Gasteiger partial charge in [0.2, 0.25) is 0 Å². The van der Waals surface area contributed by atoms with Gasteiger partial charge in [0.05, 0.1) is 0 Å². The van der Waals surface area contributed by atoms with E-state index in [0.717, 1.165) is 0 Å². The van der Waals surface area contributed by atoms with E-state index in [4.69, 9.17) is 13.3 Å². The molecule has 9 heteroatoms. The molecule has 0 saturated heterocycles. The second-order valence-electron chi connectivity index (χ2n) is 1.81. The Balaban J connectivity index is 4.46. The van der Waals surface area contributed by atoms with Crippen molar-refractivity contribution in [1.29, 1.82) is 0 Å². The highest BCUT2D eigenvalue weighted by Crippen LogP contribution is 2.10. The SMILES string of the molecule is O=[SH](=O)C(CO[SiH3])(O[SiH3])O[SiH3]. The summed E-state index contributed by atoms with van der Waals surface area (Å²) >= 11 is 0. The molecule has 0 radical (unpaired) electrons. The molecule has 0 aliphatic rings. The summed E-state index contributed by atoms with van der Waals surface area (Å²) < 4.78 is 35.8. The standard InChI is InChI=1S/C2H12O5SSi3/c3-8(4)2(6-10,7-11)1-5-9/h8H,1H2,9-11H3. The van der Waals surface area contributed by atoms with Crippen LogP contribution in [-0.2, 0) is 24.0 Å². The third-order valence-corrected chi connectivity index (χ3v) is 4.59. The summed E-state index contributed by atoms with van der Waals surface area (Å²) in [5.74, 6) is 0. The Kier molecular flexibility index (Phi) is 5.41. The van der Waals surface area contributed by atoms with Crippen molar-refractivity contribution in [2.24, 2.45) is 0 Å². The Bertz CT molecular complexity index is 169. The van der Waals surface area contributed by atoms with E-state index in [1.165, 1.54) is 0 Å². The molecule has 0 N–H and O–H groups in total. The molecule has 0 unspecified atom stereocenters. The van der Waals surface area contributed by atoms with Gasteiger partial charge in [-0.1, -0.05) is 0 Å². The summed E-state index contributed by atoms with van der Waals surface area (Å²) in [6.07, 6.45) is 0. The van der Waals surface area contributed by atoms with Crippen molar-refractivity contribution in [2.45, 2.75) is 5.12 Å². The molecule has 0 rings (SSSR count). The summed E-state index contributed by atoms with van der Waals surface area (Å²) in [5.41, 5.74) is 0. The van der Waals surface area contributed by atoms with E-state index in [-0.39, 0.29) is 6.61 Å². The molecule has 0 amide bonds. The van der Waals surface area contributed by atoms with Crippen LogP contribution in [-0.4, -0.2) is 51.6 Å².